The van der Waals surface area contributed by atoms with Gasteiger partial charge in [-0.1, -0.05) is 36.4 Å². The van der Waals surface area contributed by atoms with Gasteiger partial charge in [0.1, 0.15) is 5.76 Å². The summed E-state index contributed by atoms with van der Waals surface area (Å²) in [4.78, 5) is 24.9. The molecule has 3 aromatic rings. The number of rotatable bonds is 1. The van der Waals surface area contributed by atoms with Crippen LogP contribution in [0.5, 0.6) is 0 Å². The molecule has 1 atom stereocenters. The first-order chi connectivity index (χ1) is 12.5. The zero-order chi connectivity index (χ0) is 18.1. The summed E-state index contributed by atoms with van der Waals surface area (Å²) in [6.45, 7) is 3.91. The molecule has 1 fully saturated rings. The number of aryl methyl sites for hydroxylation is 2. The molecule has 1 spiro atoms. The Balaban J connectivity index is 1.82. The monoisotopic (exact) mass is 344 g/mol. The van der Waals surface area contributed by atoms with E-state index in [1.807, 2.05) is 56.3 Å². The lowest BCUT2D eigenvalue weighted by Crippen LogP contribution is -2.43. The molecular weight excluding hydrogens is 328 g/mol. The third-order valence-corrected chi connectivity index (χ3v) is 5.36. The van der Waals surface area contributed by atoms with Crippen molar-refractivity contribution < 1.29 is 14.0 Å². The number of imide groups is 1. The van der Waals surface area contributed by atoms with Crippen molar-refractivity contribution in [2.75, 3.05) is 0 Å². The second-order valence-corrected chi connectivity index (χ2v) is 6.81. The Labute approximate surface area is 150 Å². The van der Waals surface area contributed by atoms with Gasteiger partial charge in [0.25, 0.3) is 5.91 Å². The zero-order valence-electron chi connectivity index (χ0n) is 14.3. The largest absolute Gasteiger partial charge is 0.469 e. The van der Waals surface area contributed by atoms with Crippen molar-refractivity contribution in [2.24, 2.45) is 0 Å². The quantitative estimate of drug-likeness (QED) is 0.662. The summed E-state index contributed by atoms with van der Waals surface area (Å²) in [5.74, 6) is 0.485. The minimum atomic E-state index is -1.18. The Morgan fingerprint density at radius 3 is 2.42 bits per heavy atom. The molecule has 5 nitrogen and oxygen atoms in total. The number of fused-ring (bicyclic) bond motifs is 5. The molecule has 0 saturated carbocycles. The summed E-state index contributed by atoms with van der Waals surface area (Å²) >= 11 is 0. The fourth-order valence-corrected chi connectivity index (χ4v) is 4.27. The molecule has 2 N–H and O–H groups in total. The van der Waals surface area contributed by atoms with Gasteiger partial charge in [0.05, 0.1) is 6.26 Å². The maximum atomic E-state index is 12.9. The molecule has 1 unspecified atom stereocenters. The standard InChI is InChI=1S/C21H16N2O3/c1-11-10-26-12(2)18(11)13-7-8-15-14-5-3-4-6-16(14)21(17(15)9-13)19(24)22-20(25)23-21/h3-10H,1-2H3,(H2,22,23,24,25). The van der Waals surface area contributed by atoms with Gasteiger partial charge in [-0.05, 0) is 47.7 Å². The van der Waals surface area contributed by atoms with Crippen LogP contribution in [0.3, 0.4) is 0 Å². The van der Waals surface area contributed by atoms with Crippen LogP contribution in [-0.2, 0) is 10.3 Å². The van der Waals surface area contributed by atoms with E-state index >= 15 is 0 Å². The average Bonchev–Trinajstić information content (AvgIpc) is 3.22. The predicted octanol–water partition coefficient (Wildman–Crippen LogP) is 3.63. The first kappa shape index (κ1) is 15.0. The van der Waals surface area contributed by atoms with Crippen LogP contribution in [0.1, 0.15) is 22.5 Å². The van der Waals surface area contributed by atoms with E-state index in [0.29, 0.717) is 0 Å². The van der Waals surface area contributed by atoms with Crippen molar-refractivity contribution in [1.82, 2.24) is 10.6 Å². The maximum Gasteiger partial charge on any atom is 0.322 e. The van der Waals surface area contributed by atoms with Crippen LogP contribution >= 0.6 is 0 Å². The van der Waals surface area contributed by atoms with Crippen LogP contribution in [0.2, 0.25) is 0 Å². The summed E-state index contributed by atoms with van der Waals surface area (Å²) in [6.07, 6.45) is 1.73. The van der Waals surface area contributed by atoms with E-state index in [2.05, 4.69) is 10.6 Å². The van der Waals surface area contributed by atoms with Crippen molar-refractivity contribution in [2.45, 2.75) is 19.4 Å². The Morgan fingerprint density at radius 1 is 0.962 bits per heavy atom. The Bertz CT molecular complexity index is 1090. The summed E-state index contributed by atoms with van der Waals surface area (Å²) in [6, 6.07) is 13.3. The molecule has 2 aliphatic rings. The van der Waals surface area contributed by atoms with Crippen molar-refractivity contribution in [1.29, 1.82) is 0 Å². The number of carbonyl (C=O) groups is 2. The van der Waals surface area contributed by atoms with Gasteiger partial charge in [-0.3, -0.25) is 10.1 Å². The van der Waals surface area contributed by atoms with Gasteiger partial charge in [-0.25, -0.2) is 4.79 Å². The SMILES string of the molecule is Cc1coc(C)c1-c1ccc2c(c1)C1(NC(=O)NC1=O)c1ccccc1-2. The summed E-state index contributed by atoms with van der Waals surface area (Å²) in [5.41, 5.74) is 5.36. The van der Waals surface area contributed by atoms with E-state index in [1.54, 1.807) is 6.26 Å². The Kier molecular flexibility index (Phi) is 2.79. The van der Waals surface area contributed by atoms with Gasteiger partial charge < -0.3 is 9.73 Å². The van der Waals surface area contributed by atoms with Gasteiger partial charge >= 0.3 is 6.03 Å². The zero-order valence-corrected chi connectivity index (χ0v) is 14.3. The highest BCUT2D eigenvalue weighted by Crippen LogP contribution is 2.50. The van der Waals surface area contributed by atoms with Crippen LogP contribution in [-0.4, -0.2) is 11.9 Å². The fourth-order valence-electron chi connectivity index (χ4n) is 4.27. The van der Waals surface area contributed by atoms with Crippen LogP contribution in [0.15, 0.2) is 53.1 Å². The number of nitrogens with one attached hydrogen (secondary N) is 2. The highest BCUT2D eigenvalue weighted by molar-refractivity contribution is 6.13. The number of amides is 3. The van der Waals surface area contributed by atoms with Crippen LogP contribution in [0, 0.1) is 13.8 Å². The molecular formula is C21H16N2O3. The number of urea groups is 1. The van der Waals surface area contributed by atoms with Gasteiger partial charge in [0, 0.05) is 11.1 Å². The van der Waals surface area contributed by atoms with Crippen molar-refractivity contribution in [3.05, 3.63) is 71.2 Å². The third-order valence-electron chi connectivity index (χ3n) is 5.36. The molecule has 1 aliphatic carbocycles. The normalized spacial score (nSPS) is 20.1. The highest BCUT2D eigenvalue weighted by atomic mass is 16.3. The van der Waals surface area contributed by atoms with Gasteiger partial charge in [0.15, 0.2) is 5.54 Å². The maximum absolute atomic E-state index is 12.9. The average molecular weight is 344 g/mol. The minimum Gasteiger partial charge on any atom is -0.469 e. The van der Waals surface area contributed by atoms with Crippen LogP contribution in [0.25, 0.3) is 22.3 Å². The molecule has 26 heavy (non-hydrogen) atoms. The van der Waals surface area contributed by atoms with Gasteiger partial charge in [-0.2, -0.15) is 0 Å². The fraction of sp³-hybridized carbons (Fsp3) is 0.143. The van der Waals surface area contributed by atoms with E-state index in [0.717, 1.165) is 44.7 Å². The molecule has 1 aromatic heterocycles. The lowest BCUT2D eigenvalue weighted by molar-refractivity contribution is -0.122. The molecule has 3 amide bonds. The molecule has 0 radical (unpaired) electrons. The van der Waals surface area contributed by atoms with Crippen LogP contribution in [0.4, 0.5) is 4.79 Å². The molecule has 2 heterocycles. The summed E-state index contributed by atoms with van der Waals surface area (Å²) < 4.78 is 5.54. The third kappa shape index (κ3) is 1.69. The lowest BCUT2D eigenvalue weighted by atomic mass is 9.86. The minimum absolute atomic E-state index is 0.341. The topological polar surface area (TPSA) is 71.3 Å². The van der Waals surface area contributed by atoms with Gasteiger partial charge in [0.2, 0.25) is 0 Å². The molecule has 0 bridgehead atoms. The van der Waals surface area contributed by atoms with Crippen molar-refractivity contribution >= 4 is 11.9 Å². The molecule has 2 aromatic carbocycles. The molecule has 5 rings (SSSR count). The Morgan fingerprint density at radius 2 is 1.73 bits per heavy atom. The molecule has 5 heteroatoms. The molecule has 128 valence electrons. The second kappa shape index (κ2) is 4.85. The predicted molar refractivity (Wildman–Crippen MR) is 96.5 cm³/mol. The van der Waals surface area contributed by atoms with E-state index in [4.69, 9.17) is 4.42 Å². The first-order valence-electron chi connectivity index (χ1n) is 8.45. The number of hydrogen-bond donors (Lipinski definition) is 2. The molecule has 1 saturated heterocycles. The number of carbonyl (C=O) groups excluding carboxylic acids is 2. The van der Waals surface area contributed by atoms with Gasteiger partial charge in [-0.15, -0.1) is 0 Å². The second-order valence-electron chi connectivity index (χ2n) is 6.81. The van der Waals surface area contributed by atoms with Crippen molar-refractivity contribution in [3.8, 4) is 22.3 Å². The lowest BCUT2D eigenvalue weighted by Gasteiger charge is -2.23. The first-order valence-corrected chi connectivity index (χ1v) is 8.45. The van der Waals surface area contributed by atoms with E-state index in [-0.39, 0.29) is 5.91 Å². The smallest absolute Gasteiger partial charge is 0.322 e. The van der Waals surface area contributed by atoms with Crippen molar-refractivity contribution in [3.63, 3.8) is 0 Å². The van der Waals surface area contributed by atoms with E-state index in [9.17, 15) is 9.59 Å². The highest BCUT2D eigenvalue weighted by Gasteiger charge is 2.54. The number of benzene rings is 2. The number of furan rings is 1. The summed E-state index contributed by atoms with van der Waals surface area (Å²) in [7, 11) is 0. The molecule has 1 aliphatic heterocycles. The van der Waals surface area contributed by atoms with E-state index < -0.39 is 11.6 Å². The summed E-state index contributed by atoms with van der Waals surface area (Å²) in [5, 5.41) is 5.27. The van der Waals surface area contributed by atoms with Crippen LogP contribution < -0.4 is 10.6 Å². The Hall–Kier alpha value is -3.34. The van der Waals surface area contributed by atoms with E-state index in [1.165, 1.54) is 0 Å². The number of hydrogen-bond acceptors (Lipinski definition) is 3.